The summed E-state index contributed by atoms with van der Waals surface area (Å²) in [5.74, 6) is -1.12. The molecule has 0 aliphatic heterocycles. The molecule has 0 aromatic heterocycles. The van der Waals surface area contributed by atoms with Crippen molar-refractivity contribution in [2.75, 3.05) is 0 Å². The zero-order valence-corrected chi connectivity index (χ0v) is 17.2. The third-order valence-corrected chi connectivity index (χ3v) is 4.66. The Morgan fingerprint density at radius 2 is 1.61 bits per heavy atom. The summed E-state index contributed by atoms with van der Waals surface area (Å²) in [6.45, 7) is 10.1. The Bertz CT molecular complexity index is 823. The number of nitrogens with one attached hydrogen (secondary N) is 2. The molecule has 0 fully saturated rings. The molecule has 28 heavy (non-hydrogen) atoms. The van der Waals surface area contributed by atoms with Gasteiger partial charge in [0.15, 0.2) is 0 Å². The van der Waals surface area contributed by atoms with Crippen molar-refractivity contribution < 1.29 is 14.0 Å². The Kier molecular flexibility index (Phi) is 6.95. The van der Waals surface area contributed by atoms with Gasteiger partial charge in [0.1, 0.15) is 11.9 Å². The van der Waals surface area contributed by atoms with Crippen LogP contribution in [0, 0.1) is 11.7 Å². The van der Waals surface area contributed by atoms with E-state index in [0.29, 0.717) is 11.1 Å². The van der Waals surface area contributed by atoms with E-state index in [9.17, 15) is 14.0 Å². The van der Waals surface area contributed by atoms with Gasteiger partial charge in [-0.05, 0) is 35.1 Å². The van der Waals surface area contributed by atoms with Gasteiger partial charge in [0.05, 0.1) is 0 Å². The molecule has 0 unspecified atom stereocenters. The number of hydrogen-bond donors (Lipinski definition) is 2. The van der Waals surface area contributed by atoms with Crippen molar-refractivity contribution in [3.05, 3.63) is 71.0 Å². The van der Waals surface area contributed by atoms with Crippen LogP contribution in [-0.2, 0) is 16.8 Å². The predicted molar refractivity (Wildman–Crippen MR) is 109 cm³/mol. The van der Waals surface area contributed by atoms with Gasteiger partial charge in [-0.15, -0.1) is 0 Å². The van der Waals surface area contributed by atoms with E-state index in [1.165, 1.54) is 6.07 Å². The van der Waals surface area contributed by atoms with Crippen molar-refractivity contribution in [1.29, 1.82) is 0 Å². The largest absolute Gasteiger partial charge is 0.350 e. The number of halogens is 1. The van der Waals surface area contributed by atoms with Crippen molar-refractivity contribution in [3.63, 3.8) is 0 Å². The van der Waals surface area contributed by atoms with E-state index in [1.807, 2.05) is 26.0 Å². The molecule has 0 radical (unpaired) electrons. The van der Waals surface area contributed by atoms with Gasteiger partial charge in [-0.25, -0.2) is 4.39 Å². The van der Waals surface area contributed by atoms with Gasteiger partial charge in [-0.3, -0.25) is 9.59 Å². The molecule has 0 aliphatic rings. The van der Waals surface area contributed by atoms with Gasteiger partial charge in [0, 0.05) is 17.7 Å². The molecule has 150 valence electrons. The molecule has 5 heteroatoms. The molecule has 0 aliphatic carbocycles. The summed E-state index contributed by atoms with van der Waals surface area (Å²) in [5, 5.41) is 5.51. The standard InChI is InChI=1S/C23H29FN2O2/c1-15(2)20(22(28)25-14-17-8-6-7-9-19(17)24)26-21(27)16-10-12-18(13-11-16)23(3,4)5/h6-13,15,20H,14H2,1-5H3,(H,25,28)(H,26,27)/t20-/m0/s1. The van der Waals surface area contributed by atoms with Gasteiger partial charge >= 0.3 is 0 Å². The first-order valence-electron chi connectivity index (χ1n) is 9.52. The van der Waals surface area contributed by atoms with Gasteiger partial charge in [-0.2, -0.15) is 0 Å². The number of carbonyl (C=O) groups is 2. The average molecular weight is 384 g/mol. The topological polar surface area (TPSA) is 58.2 Å². The third kappa shape index (κ3) is 5.65. The van der Waals surface area contributed by atoms with Crippen molar-refractivity contribution in [1.82, 2.24) is 10.6 Å². The van der Waals surface area contributed by atoms with Crippen LogP contribution in [0.1, 0.15) is 56.1 Å². The van der Waals surface area contributed by atoms with E-state index < -0.39 is 6.04 Å². The van der Waals surface area contributed by atoms with Crippen molar-refractivity contribution in [2.45, 2.75) is 52.6 Å². The Labute approximate surface area is 166 Å². The highest BCUT2D eigenvalue weighted by molar-refractivity contribution is 5.97. The number of benzene rings is 2. The monoisotopic (exact) mass is 384 g/mol. The van der Waals surface area contributed by atoms with Gasteiger partial charge < -0.3 is 10.6 Å². The third-order valence-electron chi connectivity index (χ3n) is 4.66. The van der Waals surface area contributed by atoms with Crippen LogP contribution >= 0.6 is 0 Å². The Morgan fingerprint density at radius 3 is 2.14 bits per heavy atom. The van der Waals surface area contributed by atoms with Crippen LogP contribution < -0.4 is 10.6 Å². The molecule has 0 saturated carbocycles. The van der Waals surface area contributed by atoms with Crippen LogP contribution in [0.5, 0.6) is 0 Å². The van der Waals surface area contributed by atoms with Crippen LogP contribution in [0.25, 0.3) is 0 Å². The molecule has 2 N–H and O–H groups in total. The minimum Gasteiger partial charge on any atom is -0.350 e. The summed E-state index contributed by atoms with van der Waals surface area (Å²) in [7, 11) is 0. The second kappa shape index (κ2) is 9.00. The van der Waals surface area contributed by atoms with E-state index in [2.05, 4.69) is 31.4 Å². The van der Waals surface area contributed by atoms with Gasteiger partial charge in [0.25, 0.3) is 5.91 Å². The smallest absolute Gasteiger partial charge is 0.251 e. The summed E-state index contributed by atoms with van der Waals surface area (Å²) in [6, 6.07) is 13.0. The van der Waals surface area contributed by atoms with Crippen LogP contribution in [0.2, 0.25) is 0 Å². The first-order valence-corrected chi connectivity index (χ1v) is 9.52. The zero-order chi connectivity index (χ0) is 20.9. The minimum atomic E-state index is -0.707. The van der Waals surface area contributed by atoms with Gasteiger partial charge in [-0.1, -0.05) is 65.0 Å². The Balaban J connectivity index is 2.04. The lowest BCUT2D eigenvalue weighted by Gasteiger charge is -2.22. The second-order valence-electron chi connectivity index (χ2n) is 8.33. The highest BCUT2D eigenvalue weighted by atomic mass is 19.1. The quantitative estimate of drug-likeness (QED) is 0.784. The second-order valence-corrected chi connectivity index (χ2v) is 8.33. The fourth-order valence-electron chi connectivity index (χ4n) is 2.82. The highest BCUT2D eigenvalue weighted by Crippen LogP contribution is 2.22. The number of rotatable bonds is 6. The fourth-order valence-corrected chi connectivity index (χ4v) is 2.82. The van der Waals surface area contributed by atoms with E-state index in [4.69, 9.17) is 0 Å². The van der Waals surface area contributed by atoms with Crippen LogP contribution in [0.3, 0.4) is 0 Å². The summed E-state index contributed by atoms with van der Waals surface area (Å²) in [6.07, 6.45) is 0. The van der Waals surface area contributed by atoms with Crippen molar-refractivity contribution in [3.8, 4) is 0 Å². The summed E-state index contributed by atoms with van der Waals surface area (Å²) < 4.78 is 13.7. The van der Waals surface area contributed by atoms with E-state index >= 15 is 0 Å². The first-order chi connectivity index (χ1) is 13.1. The molecular weight excluding hydrogens is 355 g/mol. The number of carbonyl (C=O) groups excluding carboxylic acids is 2. The van der Waals surface area contributed by atoms with E-state index in [0.717, 1.165) is 5.56 Å². The predicted octanol–water partition coefficient (Wildman–Crippen LogP) is 4.19. The van der Waals surface area contributed by atoms with Crippen LogP contribution in [0.15, 0.2) is 48.5 Å². The molecule has 0 heterocycles. The fraction of sp³-hybridized carbons (Fsp3) is 0.391. The maximum absolute atomic E-state index is 13.7. The molecular formula is C23H29FN2O2. The first kappa shape index (κ1) is 21.6. The lowest BCUT2D eigenvalue weighted by atomic mass is 9.86. The molecule has 0 bridgehead atoms. The zero-order valence-electron chi connectivity index (χ0n) is 17.2. The maximum Gasteiger partial charge on any atom is 0.251 e. The van der Waals surface area contributed by atoms with Crippen LogP contribution in [0.4, 0.5) is 4.39 Å². The Hall–Kier alpha value is -2.69. The highest BCUT2D eigenvalue weighted by Gasteiger charge is 2.25. The van der Waals surface area contributed by atoms with E-state index in [1.54, 1.807) is 30.3 Å². The van der Waals surface area contributed by atoms with Crippen molar-refractivity contribution >= 4 is 11.8 Å². The van der Waals surface area contributed by atoms with E-state index in [-0.39, 0.29) is 35.5 Å². The molecule has 0 saturated heterocycles. The molecule has 2 amide bonds. The minimum absolute atomic E-state index is 0.00206. The lowest BCUT2D eigenvalue weighted by Crippen LogP contribution is -2.49. The molecule has 2 aromatic rings. The average Bonchev–Trinajstić information content (AvgIpc) is 2.64. The van der Waals surface area contributed by atoms with Crippen LogP contribution in [-0.4, -0.2) is 17.9 Å². The summed E-state index contributed by atoms with van der Waals surface area (Å²) in [4.78, 5) is 25.2. The number of amides is 2. The molecule has 1 atom stereocenters. The molecule has 4 nitrogen and oxygen atoms in total. The molecule has 2 aromatic carbocycles. The normalized spacial score (nSPS) is 12.5. The number of hydrogen-bond acceptors (Lipinski definition) is 2. The SMILES string of the molecule is CC(C)[C@H](NC(=O)c1ccc(C(C)(C)C)cc1)C(=O)NCc1ccccc1F. The summed E-state index contributed by atoms with van der Waals surface area (Å²) in [5.41, 5.74) is 2.04. The molecule has 0 spiro atoms. The van der Waals surface area contributed by atoms with Gasteiger partial charge in [0.2, 0.25) is 5.91 Å². The lowest BCUT2D eigenvalue weighted by molar-refractivity contribution is -0.124. The molecule has 2 rings (SSSR count). The van der Waals surface area contributed by atoms with Crippen molar-refractivity contribution in [2.24, 2.45) is 5.92 Å². The summed E-state index contributed by atoms with van der Waals surface area (Å²) >= 11 is 0. The maximum atomic E-state index is 13.7. The Morgan fingerprint density at radius 1 is 1.00 bits per heavy atom.